The Morgan fingerprint density at radius 2 is 1.88 bits per heavy atom. The monoisotopic (exact) mass is 456 g/mol. The molecule has 0 amide bonds. The lowest BCUT2D eigenvalue weighted by Gasteiger charge is -2.32. The summed E-state index contributed by atoms with van der Waals surface area (Å²) in [5, 5.41) is 9.66. The van der Waals surface area contributed by atoms with Gasteiger partial charge in [0, 0.05) is 38.8 Å². The second-order valence-corrected chi connectivity index (χ2v) is 8.41. The largest absolute Gasteiger partial charge is 0.497 e. The lowest BCUT2D eigenvalue weighted by Crippen LogP contribution is -2.43. The number of ether oxygens (including phenoxy) is 1. The Kier molecular flexibility index (Phi) is 6.46. The number of aromatic nitrogens is 4. The maximum atomic E-state index is 5.32. The maximum absolute atomic E-state index is 5.32. The van der Waals surface area contributed by atoms with Gasteiger partial charge in [0.2, 0.25) is 0 Å². The van der Waals surface area contributed by atoms with Crippen LogP contribution in [0.2, 0.25) is 0 Å². The molecule has 0 bridgehead atoms. The van der Waals surface area contributed by atoms with Crippen LogP contribution in [0.1, 0.15) is 11.1 Å². The molecule has 5 rings (SSSR count). The van der Waals surface area contributed by atoms with Crippen molar-refractivity contribution in [3.05, 3.63) is 72.2 Å². The second-order valence-electron chi connectivity index (χ2n) is 8.41. The fraction of sp³-hybridized carbons (Fsp3) is 0.280. The first-order valence-corrected chi connectivity index (χ1v) is 11.3. The van der Waals surface area contributed by atoms with Gasteiger partial charge in [-0.15, -0.1) is 0 Å². The van der Waals surface area contributed by atoms with Crippen LogP contribution in [0.4, 0.5) is 5.82 Å². The molecule has 9 nitrogen and oxygen atoms in total. The summed E-state index contributed by atoms with van der Waals surface area (Å²) < 4.78 is 7.08. The Morgan fingerprint density at radius 1 is 1.06 bits per heavy atom. The second kappa shape index (κ2) is 9.98. The van der Waals surface area contributed by atoms with Crippen LogP contribution in [0.25, 0.3) is 16.7 Å². The van der Waals surface area contributed by atoms with Crippen LogP contribution >= 0.6 is 0 Å². The summed E-state index contributed by atoms with van der Waals surface area (Å²) in [6.07, 6.45) is 5.03. The number of anilines is 1. The van der Waals surface area contributed by atoms with E-state index in [0.717, 1.165) is 55.1 Å². The van der Waals surface area contributed by atoms with Gasteiger partial charge in [-0.2, -0.15) is 10.2 Å². The number of nitrogens with zero attached hydrogens (tertiary/aromatic N) is 7. The SMILES string of the molecule is COc1cccc(-n2ncc3c(N/N=C/c4ccc(CN5CCN(C)CC5)cc4)ncnc32)c1. The third-order valence-electron chi connectivity index (χ3n) is 6.03. The van der Waals surface area contributed by atoms with Crippen molar-refractivity contribution in [2.75, 3.05) is 45.8 Å². The molecule has 9 heteroatoms. The summed E-state index contributed by atoms with van der Waals surface area (Å²) >= 11 is 0. The predicted octanol–water partition coefficient (Wildman–Crippen LogP) is 3.02. The average Bonchev–Trinajstić information content (AvgIpc) is 3.32. The number of piperazine rings is 1. The Hall–Kier alpha value is -3.82. The molecule has 34 heavy (non-hydrogen) atoms. The summed E-state index contributed by atoms with van der Waals surface area (Å²) in [6, 6.07) is 16.2. The molecular weight excluding hydrogens is 428 g/mol. The number of benzene rings is 2. The molecule has 4 aromatic rings. The molecule has 1 fully saturated rings. The van der Waals surface area contributed by atoms with Gasteiger partial charge in [-0.05, 0) is 30.3 Å². The van der Waals surface area contributed by atoms with E-state index < -0.39 is 0 Å². The van der Waals surface area contributed by atoms with E-state index in [9.17, 15) is 0 Å². The molecule has 2 aromatic carbocycles. The number of methoxy groups -OCH3 is 1. The molecule has 0 aliphatic carbocycles. The number of likely N-dealkylation sites (N-methyl/N-ethyl adjacent to an activating group) is 1. The minimum atomic E-state index is 0.599. The van der Waals surface area contributed by atoms with Crippen LogP contribution in [0.5, 0.6) is 5.75 Å². The van der Waals surface area contributed by atoms with Crippen molar-refractivity contribution in [1.29, 1.82) is 0 Å². The number of nitrogens with one attached hydrogen (secondary N) is 1. The zero-order valence-corrected chi connectivity index (χ0v) is 19.4. The summed E-state index contributed by atoms with van der Waals surface area (Å²) in [4.78, 5) is 13.6. The van der Waals surface area contributed by atoms with Crippen molar-refractivity contribution < 1.29 is 4.74 Å². The third kappa shape index (κ3) is 4.90. The van der Waals surface area contributed by atoms with Crippen LogP contribution < -0.4 is 10.2 Å². The molecule has 1 aliphatic heterocycles. The van der Waals surface area contributed by atoms with Gasteiger partial charge < -0.3 is 9.64 Å². The smallest absolute Gasteiger partial charge is 0.168 e. The third-order valence-corrected chi connectivity index (χ3v) is 6.03. The van der Waals surface area contributed by atoms with E-state index in [2.05, 4.69) is 66.7 Å². The van der Waals surface area contributed by atoms with E-state index in [1.165, 1.54) is 11.9 Å². The zero-order valence-electron chi connectivity index (χ0n) is 19.4. The summed E-state index contributed by atoms with van der Waals surface area (Å²) in [5.74, 6) is 1.36. The molecule has 0 saturated carbocycles. The van der Waals surface area contributed by atoms with Crippen LogP contribution in [0, 0.1) is 0 Å². The average molecular weight is 457 g/mol. The fourth-order valence-electron chi connectivity index (χ4n) is 4.01. The van der Waals surface area contributed by atoms with E-state index >= 15 is 0 Å². The quantitative estimate of drug-likeness (QED) is 0.338. The normalized spacial score (nSPS) is 15.2. The van der Waals surface area contributed by atoms with Crippen molar-refractivity contribution in [1.82, 2.24) is 29.5 Å². The van der Waals surface area contributed by atoms with Crippen molar-refractivity contribution in [3.8, 4) is 11.4 Å². The van der Waals surface area contributed by atoms with E-state index in [0.29, 0.717) is 11.5 Å². The molecule has 174 valence electrons. The van der Waals surface area contributed by atoms with E-state index in [4.69, 9.17) is 4.74 Å². The highest BCUT2D eigenvalue weighted by atomic mass is 16.5. The molecule has 1 saturated heterocycles. The number of rotatable bonds is 7. The van der Waals surface area contributed by atoms with Gasteiger partial charge in [0.05, 0.1) is 30.6 Å². The zero-order chi connectivity index (χ0) is 23.3. The lowest BCUT2D eigenvalue weighted by atomic mass is 10.1. The van der Waals surface area contributed by atoms with Gasteiger partial charge >= 0.3 is 0 Å². The van der Waals surface area contributed by atoms with Crippen molar-refractivity contribution in [2.24, 2.45) is 5.10 Å². The van der Waals surface area contributed by atoms with Crippen molar-refractivity contribution in [2.45, 2.75) is 6.54 Å². The summed E-state index contributed by atoms with van der Waals surface area (Å²) in [5.41, 5.74) is 6.92. The van der Waals surface area contributed by atoms with E-state index in [1.54, 1.807) is 24.2 Å². The highest BCUT2D eigenvalue weighted by molar-refractivity contribution is 5.88. The number of hydrazone groups is 1. The highest BCUT2D eigenvalue weighted by Crippen LogP contribution is 2.23. The molecule has 0 radical (unpaired) electrons. The summed E-state index contributed by atoms with van der Waals surface area (Å²) in [7, 11) is 3.82. The molecule has 0 atom stereocenters. The van der Waals surface area contributed by atoms with Gasteiger partial charge in [0.1, 0.15) is 12.1 Å². The number of hydrogen-bond donors (Lipinski definition) is 1. The number of fused-ring (bicyclic) bond motifs is 1. The van der Waals surface area contributed by atoms with Crippen LogP contribution in [0.3, 0.4) is 0 Å². The highest BCUT2D eigenvalue weighted by Gasteiger charge is 2.14. The van der Waals surface area contributed by atoms with Crippen LogP contribution in [-0.4, -0.2) is 76.1 Å². The van der Waals surface area contributed by atoms with Gasteiger partial charge in [0.25, 0.3) is 0 Å². The topological polar surface area (TPSA) is 83.7 Å². The Morgan fingerprint density at radius 3 is 2.68 bits per heavy atom. The van der Waals surface area contributed by atoms with Gasteiger partial charge in [-0.3, -0.25) is 10.3 Å². The molecule has 3 heterocycles. The Labute approximate surface area is 198 Å². The minimum Gasteiger partial charge on any atom is -0.497 e. The van der Waals surface area contributed by atoms with Crippen LogP contribution in [-0.2, 0) is 6.54 Å². The van der Waals surface area contributed by atoms with Crippen molar-refractivity contribution >= 4 is 23.1 Å². The standard InChI is InChI=1S/C25H28N8O/c1-31-10-12-32(13-11-31)17-20-8-6-19(7-9-20)15-28-30-24-23-16-29-33(25(23)27-18-26-24)21-4-3-5-22(14-21)34-2/h3-9,14-16,18H,10-13,17H2,1-2H3,(H,26,27,30)/b28-15+. The molecule has 0 spiro atoms. The van der Waals surface area contributed by atoms with Crippen molar-refractivity contribution in [3.63, 3.8) is 0 Å². The fourth-order valence-corrected chi connectivity index (χ4v) is 4.01. The first kappa shape index (κ1) is 22.0. The van der Waals surface area contributed by atoms with E-state index in [-0.39, 0.29) is 0 Å². The van der Waals surface area contributed by atoms with Gasteiger partial charge in [-0.25, -0.2) is 14.6 Å². The lowest BCUT2D eigenvalue weighted by molar-refractivity contribution is 0.148. The molecule has 2 aromatic heterocycles. The minimum absolute atomic E-state index is 0.599. The molecular formula is C25H28N8O. The molecule has 1 N–H and O–H groups in total. The van der Waals surface area contributed by atoms with E-state index in [1.807, 2.05) is 24.3 Å². The maximum Gasteiger partial charge on any atom is 0.168 e. The molecule has 1 aliphatic rings. The van der Waals surface area contributed by atoms with Gasteiger partial charge in [-0.1, -0.05) is 30.3 Å². The van der Waals surface area contributed by atoms with Gasteiger partial charge in [0.15, 0.2) is 11.5 Å². The first-order chi connectivity index (χ1) is 16.7. The Bertz CT molecular complexity index is 1280. The summed E-state index contributed by atoms with van der Waals surface area (Å²) in [6.45, 7) is 5.48. The first-order valence-electron chi connectivity index (χ1n) is 11.3. The molecule has 0 unspecified atom stereocenters. The number of hydrogen-bond acceptors (Lipinski definition) is 8. The Balaban J connectivity index is 1.26. The van der Waals surface area contributed by atoms with Crippen LogP contribution in [0.15, 0.2) is 66.2 Å². The predicted molar refractivity (Wildman–Crippen MR) is 134 cm³/mol.